The van der Waals surface area contributed by atoms with E-state index in [1.165, 1.54) is 55.2 Å². The number of ether oxygens (including phenoxy) is 1. The van der Waals surface area contributed by atoms with Crippen molar-refractivity contribution in [2.24, 2.45) is 5.92 Å². The van der Waals surface area contributed by atoms with E-state index in [0.717, 1.165) is 0 Å². The summed E-state index contributed by atoms with van der Waals surface area (Å²) in [5, 5.41) is 0. The van der Waals surface area contributed by atoms with Crippen molar-refractivity contribution >= 4 is 22.6 Å². The van der Waals surface area contributed by atoms with Gasteiger partial charge in [-0.15, -0.1) is 0 Å². The van der Waals surface area contributed by atoms with Crippen molar-refractivity contribution < 1.29 is 4.74 Å². The molecule has 1 atom stereocenters. The lowest BCUT2D eigenvalue weighted by Crippen LogP contribution is -2.39. The molecule has 1 aliphatic rings. The first-order valence-electron chi connectivity index (χ1n) is 11.5. The predicted molar refractivity (Wildman–Crippen MR) is 138 cm³/mol. The maximum atomic E-state index is 7.34. The Hall–Kier alpha value is -1.91. The van der Waals surface area contributed by atoms with Crippen molar-refractivity contribution in [3.8, 4) is 0 Å². The Balaban J connectivity index is 1.88. The van der Waals surface area contributed by atoms with Gasteiger partial charge >= 0.3 is 0 Å². The van der Waals surface area contributed by atoms with Gasteiger partial charge in [-0.05, 0) is 45.6 Å². The third-order valence-electron chi connectivity index (χ3n) is 6.48. The average molecular weight is 522 g/mol. The van der Waals surface area contributed by atoms with Crippen LogP contribution in [0.4, 0.5) is 0 Å². The maximum Gasteiger partial charge on any atom is 0.144 e. The molecular formula is C29H31IO. The fourth-order valence-corrected chi connectivity index (χ4v) is 5.34. The van der Waals surface area contributed by atoms with Crippen LogP contribution in [0.15, 0.2) is 101 Å². The monoisotopic (exact) mass is 522 g/mol. The zero-order valence-corrected chi connectivity index (χ0v) is 20.2. The van der Waals surface area contributed by atoms with Crippen LogP contribution in [0.5, 0.6) is 0 Å². The SMILES string of the molecule is I/C=C/C(OC(c1ccccc1)(c1ccccc1)c1ccccc1)C1CCCCCC1. The van der Waals surface area contributed by atoms with Crippen LogP contribution < -0.4 is 0 Å². The molecule has 1 saturated carbocycles. The summed E-state index contributed by atoms with van der Waals surface area (Å²) in [5.41, 5.74) is 2.87. The first-order chi connectivity index (χ1) is 15.3. The molecule has 1 nitrogen and oxygen atoms in total. The van der Waals surface area contributed by atoms with E-state index in [0.29, 0.717) is 5.92 Å². The van der Waals surface area contributed by atoms with E-state index in [-0.39, 0.29) is 6.10 Å². The van der Waals surface area contributed by atoms with Crippen molar-refractivity contribution in [1.82, 2.24) is 0 Å². The number of hydrogen-bond acceptors (Lipinski definition) is 1. The highest BCUT2D eigenvalue weighted by molar-refractivity contribution is 14.1. The average Bonchev–Trinajstić information content (AvgIpc) is 3.13. The van der Waals surface area contributed by atoms with Crippen molar-refractivity contribution in [2.75, 3.05) is 0 Å². The molecule has 4 rings (SSSR count). The van der Waals surface area contributed by atoms with Crippen LogP contribution >= 0.6 is 22.6 Å². The summed E-state index contributed by atoms with van der Waals surface area (Å²) in [5.74, 6) is 0.545. The van der Waals surface area contributed by atoms with E-state index in [1.807, 2.05) is 0 Å². The highest BCUT2D eigenvalue weighted by atomic mass is 127. The first-order valence-corrected chi connectivity index (χ1v) is 12.7. The maximum absolute atomic E-state index is 7.34. The zero-order chi connectivity index (χ0) is 21.4. The molecule has 0 saturated heterocycles. The molecule has 1 fully saturated rings. The van der Waals surface area contributed by atoms with Crippen LogP contribution in [0, 0.1) is 5.92 Å². The summed E-state index contributed by atoms with van der Waals surface area (Å²) in [7, 11) is 0. The van der Waals surface area contributed by atoms with E-state index < -0.39 is 5.60 Å². The quantitative estimate of drug-likeness (QED) is 0.172. The van der Waals surface area contributed by atoms with Gasteiger partial charge in [0.05, 0.1) is 6.10 Å². The normalized spacial score (nSPS) is 16.8. The van der Waals surface area contributed by atoms with Gasteiger partial charge in [0.1, 0.15) is 5.60 Å². The fourth-order valence-electron chi connectivity index (χ4n) is 4.93. The Morgan fingerprint density at radius 1 is 0.677 bits per heavy atom. The number of hydrogen-bond donors (Lipinski definition) is 0. The molecule has 3 aromatic carbocycles. The molecule has 1 aliphatic carbocycles. The largest absolute Gasteiger partial charge is 0.353 e. The predicted octanol–water partition coefficient (Wildman–Crippen LogP) is 8.28. The summed E-state index contributed by atoms with van der Waals surface area (Å²) < 4.78 is 9.48. The summed E-state index contributed by atoms with van der Waals surface area (Å²) in [6, 6.07) is 32.2. The van der Waals surface area contributed by atoms with Crippen molar-refractivity contribution in [2.45, 2.75) is 50.2 Å². The molecule has 31 heavy (non-hydrogen) atoms. The second-order valence-electron chi connectivity index (χ2n) is 8.43. The first kappa shape index (κ1) is 22.3. The Kier molecular flexibility index (Phi) is 7.98. The number of halogens is 1. The summed E-state index contributed by atoms with van der Waals surface area (Å²) in [6.45, 7) is 0. The molecule has 2 heteroatoms. The lowest BCUT2D eigenvalue weighted by atomic mass is 9.79. The number of rotatable bonds is 7. The molecule has 0 spiro atoms. The molecule has 1 unspecified atom stereocenters. The van der Waals surface area contributed by atoms with Crippen LogP contribution in [-0.2, 0) is 10.3 Å². The molecule has 0 aliphatic heterocycles. The Morgan fingerprint density at radius 2 is 1.10 bits per heavy atom. The van der Waals surface area contributed by atoms with E-state index in [2.05, 4.69) is 124 Å². The fraction of sp³-hybridized carbons (Fsp3) is 0.310. The topological polar surface area (TPSA) is 9.23 Å². The van der Waals surface area contributed by atoms with Crippen LogP contribution in [0.3, 0.4) is 0 Å². The van der Waals surface area contributed by atoms with E-state index in [4.69, 9.17) is 4.74 Å². The Labute approximate surface area is 200 Å². The van der Waals surface area contributed by atoms with Gasteiger partial charge in [0.25, 0.3) is 0 Å². The molecule has 3 aromatic rings. The molecule has 0 heterocycles. The van der Waals surface area contributed by atoms with Crippen molar-refractivity contribution in [1.29, 1.82) is 0 Å². The van der Waals surface area contributed by atoms with Crippen LogP contribution in [0.25, 0.3) is 0 Å². The molecule has 0 bridgehead atoms. The van der Waals surface area contributed by atoms with E-state index in [1.54, 1.807) is 0 Å². The Bertz CT molecular complexity index is 832. The van der Waals surface area contributed by atoms with Crippen LogP contribution in [0.2, 0.25) is 0 Å². The van der Waals surface area contributed by atoms with Crippen molar-refractivity contribution in [3.05, 3.63) is 118 Å². The van der Waals surface area contributed by atoms with Crippen LogP contribution in [-0.4, -0.2) is 6.10 Å². The molecule has 0 radical (unpaired) electrons. The van der Waals surface area contributed by atoms with Crippen molar-refractivity contribution in [3.63, 3.8) is 0 Å². The summed E-state index contributed by atoms with van der Waals surface area (Å²) in [4.78, 5) is 0. The smallest absolute Gasteiger partial charge is 0.144 e. The summed E-state index contributed by atoms with van der Waals surface area (Å²) >= 11 is 2.34. The Morgan fingerprint density at radius 3 is 1.48 bits per heavy atom. The van der Waals surface area contributed by atoms with Gasteiger partial charge in [0, 0.05) is 0 Å². The third-order valence-corrected chi connectivity index (χ3v) is 6.90. The zero-order valence-electron chi connectivity index (χ0n) is 18.0. The molecule has 160 valence electrons. The van der Waals surface area contributed by atoms with E-state index in [9.17, 15) is 0 Å². The molecule has 0 aromatic heterocycles. The third kappa shape index (κ3) is 5.12. The highest BCUT2D eigenvalue weighted by Crippen LogP contribution is 2.43. The minimum Gasteiger partial charge on any atom is -0.353 e. The van der Waals surface area contributed by atoms with Gasteiger partial charge in [-0.1, -0.05) is 139 Å². The van der Waals surface area contributed by atoms with E-state index >= 15 is 0 Å². The minimum atomic E-state index is -0.656. The highest BCUT2D eigenvalue weighted by Gasteiger charge is 2.40. The molecular weight excluding hydrogens is 491 g/mol. The lowest BCUT2D eigenvalue weighted by Gasteiger charge is -2.40. The second-order valence-corrected chi connectivity index (χ2v) is 9.15. The molecule has 0 N–H and O–H groups in total. The second kappa shape index (κ2) is 11.1. The van der Waals surface area contributed by atoms with Crippen LogP contribution in [0.1, 0.15) is 55.2 Å². The minimum absolute atomic E-state index is 0.0654. The van der Waals surface area contributed by atoms with Gasteiger partial charge in [-0.2, -0.15) is 0 Å². The summed E-state index contributed by atoms with van der Waals surface area (Å²) in [6.07, 6.45) is 10.1. The van der Waals surface area contributed by atoms with Gasteiger partial charge in [-0.25, -0.2) is 0 Å². The van der Waals surface area contributed by atoms with Gasteiger partial charge < -0.3 is 4.74 Å². The standard InChI is InChI=1S/C29H31IO/c30-23-22-28(24-14-6-1-2-7-15-24)31-29(25-16-8-3-9-17-25,26-18-10-4-11-19-26)27-20-12-5-13-21-27/h3-5,8-13,16-24,28H,1-2,6-7,14-15H2/b23-22+. The molecule has 0 amide bonds. The van der Waals surface area contributed by atoms with Gasteiger partial charge in [0.15, 0.2) is 0 Å². The lowest BCUT2D eigenvalue weighted by molar-refractivity contribution is -0.0528. The van der Waals surface area contributed by atoms with Gasteiger partial charge in [-0.3, -0.25) is 0 Å². The van der Waals surface area contributed by atoms with Gasteiger partial charge in [0.2, 0.25) is 0 Å². The number of benzene rings is 3.